The Morgan fingerprint density at radius 2 is 1.85 bits per heavy atom. The van der Waals surface area contributed by atoms with Crippen molar-refractivity contribution in [3.63, 3.8) is 0 Å². The van der Waals surface area contributed by atoms with E-state index in [9.17, 15) is 8.78 Å². The van der Waals surface area contributed by atoms with Gasteiger partial charge < -0.3 is 10.6 Å². The van der Waals surface area contributed by atoms with E-state index in [2.05, 4.69) is 43.4 Å². The van der Waals surface area contributed by atoms with Crippen molar-refractivity contribution in [2.75, 3.05) is 12.3 Å². The molecule has 4 heterocycles. The quantitative estimate of drug-likeness (QED) is 0.345. The van der Waals surface area contributed by atoms with Crippen molar-refractivity contribution in [2.24, 2.45) is 4.99 Å². The lowest BCUT2D eigenvalue weighted by atomic mass is 9.77. The maximum Gasteiger partial charge on any atom is 0.238 e. The molecule has 10 heteroatoms. The van der Waals surface area contributed by atoms with Crippen LogP contribution in [0.25, 0.3) is 16.8 Å². The summed E-state index contributed by atoms with van der Waals surface area (Å²) >= 11 is 0. The molecule has 1 aliphatic heterocycles. The molecule has 3 aromatic rings. The van der Waals surface area contributed by atoms with Crippen molar-refractivity contribution in [3.05, 3.63) is 42.6 Å². The highest BCUT2D eigenvalue weighted by Gasteiger charge is 2.39. The molecule has 1 saturated heterocycles. The van der Waals surface area contributed by atoms with Gasteiger partial charge in [0, 0.05) is 41.7 Å². The lowest BCUT2D eigenvalue weighted by Gasteiger charge is -2.48. The average molecular weight is 543 g/mol. The molecule has 3 aromatic heterocycles. The molecule has 2 fully saturated rings. The van der Waals surface area contributed by atoms with Crippen molar-refractivity contribution in [1.82, 2.24) is 29.5 Å². The van der Waals surface area contributed by atoms with Crippen LogP contribution in [0.4, 0.5) is 20.5 Å². The summed E-state index contributed by atoms with van der Waals surface area (Å²) in [6, 6.07) is 1.92. The Kier molecular flexibility index (Phi) is 11.9. The van der Waals surface area contributed by atoms with Gasteiger partial charge in [0.05, 0.1) is 29.3 Å². The largest absolute Gasteiger partial charge is 0.370 e. The number of aryl methyl sites for hydroxylation is 1. The predicted molar refractivity (Wildman–Crippen MR) is 157 cm³/mol. The maximum absolute atomic E-state index is 10.8. The van der Waals surface area contributed by atoms with Crippen LogP contribution in [0.15, 0.2) is 41.9 Å². The zero-order valence-corrected chi connectivity index (χ0v) is 24.5. The van der Waals surface area contributed by atoms with Gasteiger partial charge in [-0.05, 0) is 65.9 Å². The number of rotatable bonds is 4. The van der Waals surface area contributed by atoms with E-state index in [1.54, 1.807) is 16.9 Å². The SMILES string of the molecule is C=C1CCCN1C1(C)CCC1.CC.CC(C)=Nc1ncc(-c2ccn3nc(N)ncc23)nc1C.CCC(F)F. The molecule has 1 aliphatic carbocycles. The summed E-state index contributed by atoms with van der Waals surface area (Å²) < 4.78 is 23.2. The molecule has 1 saturated carbocycles. The molecule has 0 amide bonds. The van der Waals surface area contributed by atoms with E-state index in [1.165, 1.54) is 51.3 Å². The van der Waals surface area contributed by atoms with Crippen LogP contribution >= 0.6 is 0 Å². The first-order valence-electron chi connectivity index (χ1n) is 13.7. The van der Waals surface area contributed by atoms with Crippen LogP contribution in [0.5, 0.6) is 0 Å². The third kappa shape index (κ3) is 8.53. The predicted octanol–water partition coefficient (Wildman–Crippen LogP) is 7.42. The Hall–Kier alpha value is -3.43. The number of nitrogen functional groups attached to an aromatic ring is 1. The molecule has 0 bridgehead atoms. The number of alkyl halides is 2. The van der Waals surface area contributed by atoms with Crippen molar-refractivity contribution < 1.29 is 8.78 Å². The van der Waals surface area contributed by atoms with E-state index in [0.29, 0.717) is 11.4 Å². The maximum atomic E-state index is 10.8. The zero-order chi connectivity index (χ0) is 29.2. The van der Waals surface area contributed by atoms with Crippen LogP contribution in [0, 0.1) is 6.92 Å². The lowest BCUT2D eigenvalue weighted by molar-refractivity contribution is 0.0786. The first kappa shape index (κ1) is 31.8. The number of halogens is 2. The number of aliphatic imine (C=N–C) groups is 1. The van der Waals surface area contributed by atoms with Gasteiger partial charge in [0.15, 0.2) is 5.82 Å². The highest BCUT2D eigenvalue weighted by Crippen LogP contribution is 2.42. The number of likely N-dealkylation sites (tertiary alicyclic amines) is 1. The van der Waals surface area contributed by atoms with E-state index in [0.717, 1.165) is 28.2 Å². The molecule has 214 valence electrons. The van der Waals surface area contributed by atoms with Crippen molar-refractivity contribution in [1.29, 1.82) is 0 Å². The second kappa shape index (κ2) is 14.6. The van der Waals surface area contributed by atoms with Gasteiger partial charge in [-0.3, -0.25) is 0 Å². The van der Waals surface area contributed by atoms with Crippen LogP contribution in [-0.2, 0) is 0 Å². The summed E-state index contributed by atoms with van der Waals surface area (Å²) in [7, 11) is 0. The molecule has 0 spiro atoms. The topological polar surface area (TPSA) is 97.6 Å². The molecule has 2 aliphatic rings. The number of hydrogen-bond acceptors (Lipinski definition) is 7. The standard InChI is InChI=1S/C14H15N7.C10H17N.C3H6F2.C2H6/c1-8(2)18-13-9(3)19-11(6-16-13)10-4-5-21-12(10)7-17-14(15)20-21;1-9-5-3-8-11(9)10(2)6-4-7-10;1-2-3(4)5;1-2/h4-7H,1-3H3,(H2,15,20);1,3-8H2,2H3;3H,2H2,1H3;1-2H3. The summed E-state index contributed by atoms with van der Waals surface area (Å²) in [6.45, 7) is 19.0. The van der Waals surface area contributed by atoms with E-state index in [4.69, 9.17) is 5.73 Å². The fraction of sp³-hybridized carbons (Fsp3) is 0.552. The van der Waals surface area contributed by atoms with Gasteiger partial charge in [-0.15, -0.1) is 5.10 Å². The molecular formula is C29H44F2N8. The monoisotopic (exact) mass is 542 g/mol. The van der Waals surface area contributed by atoms with E-state index < -0.39 is 6.43 Å². The Morgan fingerprint density at radius 1 is 1.18 bits per heavy atom. The summed E-state index contributed by atoms with van der Waals surface area (Å²) in [6.07, 6.45) is 9.80. The van der Waals surface area contributed by atoms with Gasteiger partial charge in [0.1, 0.15) is 0 Å². The third-order valence-electron chi connectivity index (χ3n) is 6.58. The molecule has 0 radical (unpaired) electrons. The summed E-state index contributed by atoms with van der Waals surface area (Å²) in [5, 5.41) is 4.11. The van der Waals surface area contributed by atoms with Crippen LogP contribution in [0.2, 0.25) is 0 Å². The first-order chi connectivity index (χ1) is 18.5. The fourth-order valence-electron chi connectivity index (χ4n) is 4.40. The highest BCUT2D eigenvalue weighted by molar-refractivity contribution is 5.82. The van der Waals surface area contributed by atoms with Crippen LogP contribution in [0.1, 0.15) is 85.8 Å². The summed E-state index contributed by atoms with van der Waals surface area (Å²) in [4.78, 5) is 19.9. The number of nitrogens with zero attached hydrogens (tertiary/aromatic N) is 7. The normalized spacial score (nSPS) is 15.3. The molecule has 39 heavy (non-hydrogen) atoms. The van der Waals surface area contributed by atoms with E-state index in [-0.39, 0.29) is 12.4 Å². The number of anilines is 1. The van der Waals surface area contributed by atoms with Crippen LogP contribution < -0.4 is 5.73 Å². The van der Waals surface area contributed by atoms with Crippen molar-refractivity contribution >= 4 is 23.0 Å². The molecule has 0 unspecified atom stereocenters. The molecule has 8 nitrogen and oxygen atoms in total. The number of aromatic nitrogens is 5. The van der Waals surface area contributed by atoms with Gasteiger partial charge in [-0.1, -0.05) is 27.4 Å². The first-order valence-corrected chi connectivity index (χ1v) is 13.7. The number of allylic oxidation sites excluding steroid dienone is 1. The van der Waals surface area contributed by atoms with Gasteiger partial charge in [-0.2, -0.15) is 0 Å². The molecule has 5 rings (SSSR count). The third-order valence-corrected chi connectivity index (χ3v) is 6.58. The van der Waals surface area contributed by atoms with Gasteiger partial charge in [0.25, 0.3) is 0 Å². The second-order valence-electron chi connectivity index (χ2n) is 9.87. The summed E-state index contributed by atoms with van der Waals surface area (Å²) in [5.41, 5.74) is 11.7. The van der Waals surface area contributed by atoms with Gasteiger partial charge in [-0.25, -0.2) is 33.2 Å². The Bertz CT molecular complexity index is 1240. The Balaban J connectivity index is 0.000000247. The minimum Gasteiger partial charge on any atom is -0.370 e. The van der Waals surface area contributed by atoms with Crippen LogP contribution in [-0.4, -0.2) is 53.7 Å². The van der Waals surface area contributed by atoms with E-state index in [1.807, 2.05) is 46.9 Å². The Morgan fingerprint density at radius 3 is 2.33 bits per heavy atom. The van der Waals surface area contributed by atoms with Gasteiger partial charge >= 0.3 is 0 Å². The Labute approximate surface area is 231 Å². The zero-order valence-electron chi connectivity index (χ0n) is 24.5. The molecule has 0 aromatic carbocycles. The van der Waals surface area contributed by atoms with Crippen LogP contribution in [0.3, 0.4) is 0 Å². The van der Waals surface area contributed by atoms with Crippen molar-refractivity contribution in [3.8, 4) is 11.3 Å². The highest BCUT2D eigenvalue weighted by atomic mass is 19.3. The molecular weight excluding hydrogens is 498 g/mol. The smallest absolute Gasteiger partial charge is 0.238 e. The lowest BCUT2D eigenvalue weighted by Crippen LogP contribution is -2.48. The minimum atomic E-state index is -2.12. The van der Waals surface area contributed by atoms with E-state index >= 15 is 0 Å². The second-order valence-corrected chi connectivity index (χ2v) is 9.87. The minimum absolute atomic E-state index is 0.0278. The number of hydrogen-bond donors (Lipinski definition) is 1. The molecule has 0 atom stereocenters. The van der Waals surface area contributed by atoms with Gasteiger partial charge in [0.2, 0.25) is 12.4 Å². The number of fused-ring (bicyclic) bond motifs is 1. The summed E-state index contributed by atoms with van der Waals surface area (Å²) in [5.74, 6) is 0.873. The molecule has 2 N–H and O–H groups in total. The average Bonchev–Trinajstić information content (AvgIpc) is 3.51. The van der Waals surface area contributed by atoms with Crippen molar-refractivity contribution in [2.45, 2.75) is 99.0 Å². The number of nitrogens with two attached hydrogens (primary N) is 1. The fourth-order valence-corrected chi connectivity index (χ4v) is 4.40.